The Morgan fingerprint density at radius 1 is 1.40 bits per heavy atom. The molecule has 112 valence electrons. The van der Waals surface area contributed by atoms with Crippen LogP contribution in [0, 0.1) is 11.7 Å². The van der Waals surface area contributed by atoms with Gasteiger partial charge in [0.25, 0.3) is 5.88 Å². The molecule has 2 rings (SSSR count). The van der Waals surface area contributed by atoms with E-state index >= 15 is 0 Å². The summed E-state index contributed by atoms with van der Waals surface area (Å²) < 4.78 is 19.7. The molecule has 20 heavy (non-hydrogen) atoms. The van der Waals surface area contributed by atoms with E-state index in [2.05, 4.69) is 10.4 Å². The summed E-state index contributed by atoms with van der Waals surface area (Å²) in [6.07, 6.45) is 8.65. The average molecular weight is 281 g/mol. The van der Waals surface area contributed by atoms with Crippen molar-refractivity contribution in [3.63, 3.8) is 0 Å². The Morgan fingerprint density at radius 2 is 2.10 bits per heavy atom. The van der Waals surface area contributed by atoms with Crippen molar-refractivity contribution in [2.75, 3.05) is 6.61 Å². The summed E-state index contributed by atoms with van der Waals surface area (Å²) in [5.74, 6) is 5.75. The normalized spacial score (nSPS) is 18.6. The quantitative estimate of drug-likeness (QED) is 0.494. The number of hydrogen-bond donors (Lipinski definition) is 2. The van der Waals surface area contributed by atoms with E-state index in [1.165, 1.54) is 25.7 Å². The summed E-state index contributed by atoms with van der Waals surface area (Å²) in [7, 11) is 0. The van der Waals surface area contributed by atoms with Gasteiger partial charge in [0.15, 0.2) is 5.82 Å². The molecule has 1 aromatic rings. The van der Waals surface area contributed by atoms with E-state index in [4.69, 9.17) is 10.6 Å². The van der Waals surface area contributed by atoms with Gasteiger partial charge in [0.05, 0.1) is 12.6 Å². The van der Waals surface area contributed by atoms with Gasteiger partial charge in [-0.05, 0) is 31.7 Å². The van der Waals surface area contributed by atoms with Gasteiger partial charge >= 0.3 is 0 Å². The van der Waals surface area contributed by atoms with Crippen molar-refractivity contribution in [1.29, 1.82) is 0 Å². The van der Waals surface area contributed by atoms with Crippen LogP contribution in [0.2, 0.25) is 0 Å². The highest BCUT2D eigenvalue weighted by atomic mass is 19.1. The second kappa shape index (κ2) is 7.55. The first kappa shape index (κ1) is 15.2. The van der Waals surface area contributed by atoms with E-state index < -0.39 is 0 Å². The van der Waals surface area contributed by atoms with Crippen LogP contribution in [-0.2, 0) is 0 Å². The van der Waals surface area contributed by atoms with Crippen molar-refractivity contribution in [2.24, 2.45) is 11.8 Å². The molecule has 1 saturated carbocycles. The van der Waals surface area contributed by atoms with E-state index in [-0.39, 0.29) is 17.7 Å². The number of pyridine rings is 1. The molecule has 0 aromatic carbocycles. The van der Waals surface area contributed by atoms with Gasteiger partial charge in [-0.15, -0.1) is 0 Å². The number of hydrazine groups is 1. The van der Waals surface area contributed by atoms with Crippen LogP contribution < -0.4 is 16.0 Å². The summed E-state index contributed by atoms with van der Waals surface area (Å²) in [5, 5.41) is 0. The molecule has 1 aliphatic carbocycles. The monoisotopic (exact) mass is 281 g/mol. The Hall–Kier alpha value is -1.20. The number of nitrogens with zero attached hydrogens (tertiary/aromatic N) is 1. The van der Waals surface area contributed by atoms with Gasteiger partial charge in [-0.1, -0.05) is 25.7 Å². The highest BCUT2D eigenvalue weighted by Crippen LogP contribution is 2.35. The van der Waals surface area contributed by atoms with Gasteiger partial charge < -0.3 is 4.74 Å². The molecule has 4 nitrogen and oxygen atoms in total. The zero-order chi connectivity index (χ0) is 14.4. The Labute approximate surface area is 119 Å². The predicted octanol–water partition coefficient (Wildman–Crippen LogP) is 3.09. The van der Waals surface area contributed by atoms with Crippen LogP contribution in [0.5, 0.6) is 5.88 Å². The molecule has 1 unspecified atom stereocenters. The van der Waals surface area contributed by atoms with Gasteiger partial charge in [-0.2, -0.15) is 0 Å². The van der Waals surface area contributed by atoms with Crippen molar-refractivity contribution in [3.8, 4) is 5.88 Å². The zero-order valence-electron chi connectivity index (χ0n) is 12.1. The maximum Gasteiger partial charge on any atom is 0.250 e. The first-order valence-corrected chi connectivity index (χ1v) is 7.51. The van der Waals surface area contributed by atoms with Crippen molar-refractivity contribution < 1.29 is 9.13 Å². The molecule has 0 saturated heterocycles. The number of aromatic nitrogens is 1. The Morgan fingerprint density at radius 3 is 2.70 bits per heavy atom. The molecule has 0 bridgehead atoms. The number of rotatable bonds is 5. The lowest BCUT2D eigenvalue weighted by Gasteiger charge is -2.26. The number of nitrogens with two attached hydrogens (primary N) is 1. The Balaban J connectivity index is 2.23. The maximum absolute atomic E-state index is 14.5. The van der Waals surface area contributed by atoms with E-state index in [0.29, 0.717) is 18.1 Å². The summed E-state index contributed by atoms with van der Waals surface area (Å²) in [6, 6.07) is 1.53. The second-order valence-corrected chi connectivity index (χ2v) is 5.35. The van der Waals surface area contributed by atoms with E-state index in [1.807, 2.05) is 6.92 Å². The number of ether oxygens (including phenoxy) is 1. The van der Waals surface area contributed by atoms with E-state index in [9.17, 15) is 4.39 Å². The molecule has 0 aliphatic heterocycles. The van der Waals surface area contributed by atoms with Crippen LogP contribution in [-0.4, -0.2) is 11.6 Å². The van der Waals surface area contributed by atoms with Gasteiger partial charge in [0.1, 0.15) is 0 Å². The first-order valence-electron chi connectivity index (χ1n) is 7.51. The minimum atomic E-state index is -0.387. The van der Waals surface area contributed by atoms with Gasteiger partial charge in [-0.3, -0.25) is 11.3 Å². The largest absolute Gasteiger partial charge is 0.476 e. The number of hydrogen-bond acceptors (Lipinski definition) is 4. The molecule has 0 radical (unpaired) electrons. The van der Waals surface area contributed by atoms with E-state index in [0.717, 1.165) is 12.8 Å². The smallest absolute Gasteiger partial charge is 0.250 e. The fraction of sp³-hybridized carbons (Fsp3) is 0.667. The molecular weight excluding hydrogens is 257 g/mol. The van der Waals surface area contributed by atoms with Crippen LogP contribution in [0.15, 0.2) is 12.3 Å². The molecule has 1 atom stereocenters. The van der Waals surface area contributed by atoms with Crippen molar-refractivity contribution in [2.45, 2.75) is 51.5 Å². The van der Waals surface area contributed by atoms with Gasteiger partial charge in [0.2, 0.25) is 0 Å². The standard InChI is InChI=1S/C15H24FN3O/c1-2-20-15-13(16)12(9-10-18-15)14(19-17)11-7-5-3-4-6-8-11/h9-11,14,19H,2-8,17H2,1H3. The van der Waals surface area contributed by atoms with Crippen LogP contribution in [0.4, 0.5) is 4.39 Å². The lowest BCUT2D eigenvalue weighted by atomic mass is 9.87. The van der Waals surface area contributed by atoms with Crippen molar-refractivity contribution in [1.82, 2.24) is 10.4 Å². The lowest BCUT2D eigenvalue weighted by molar-refractivity contribution is 0.291. The van der Waals surface area contributed by atoms with Crippen molar-refractivity contribution in [3.05, 3.63) is 23.6 Å². The molecule has 1 aliphatic rings. The molecule has 1 fully saturated rings. The Kier molecular flexibility index (Phi) is 5.73. The molecule has 5 heteroatoms. The number of halogens is 1. The topological polar surface area (TPSA) is 60.2 Å². The first-order chi connectivity index (χ1) is 9.77. The van der Waals surface area contributed by atoms with Gasteiger partial charge in [-0.25, -0.2) is 9.37 Å². The predicted molar refractivity (Wildman–Crippen MR) is 76.6 cm³/mol. The summed E-state index contributed by atoms with van der Waals surface area (Å²) in [5.41, 5.74) is 3.37. The summed E-state index contributed by atoms with van der Waals surface area (Å²) >= 11 is 0. The molecule has 3 N–H and O–H groups in total. The summed E-state index contributed by atoms with van der Waals surface area (Å²) in [6.45, 7) is 2.22. The van der Waals surface area contributed by atoms with Crippen LogP contribution in [0.3, 0.4) is 0 Å². The van der Waals surface area contributed by atoms with Crippen LogP contribution in [0.1, 0.15) is 57.1 Å². The van der Waals surface area contributed by atoms with Crippen molar-refractivity contribution >= 4 is 0 Å². The lowest BCUT2D eigenvalue weighted by Crippen LogP contribution is -2.34. The third kappa shape index (κ3) is 3.46. The highest BCUT2D eigenvalue weighted by Gasteiger charge is 2.27. The minimum absolute atomic E-state index is 0.0684. The third-order valence-corrected chi connectivity index (χ3v) is 4.05. The van der Waals surface area contributed by atoms with Gasteiger partial charge in [0, 0.05) is 11.8 Å². The number of nitrogens with one attached hydrogen (secondary N) is 1. The molecule has 1 aromatic heterocycles. The fourth-order valence-corrected chi connectivity index (χ4v) is 3.04. The minimum Gasteiger partial charge on any atom is -0.476 e. The second-order valence-electron chi connectivity index (χ2n) is 5.35. The molecule has 0 amide bonds. The van der Waals surface area contributed by atoms with Crippen LogP contribution >= 0.6 is 0 Å². The van der Waals surface area contributed by atoms with E-state index in [1.54, 1.807) is 12.3 Å². The fourth-order valence-electron chi connectivity index (χ4n) is 3.04. The average Bonchev–Trinajstić information content (AvgIpc) is 2.73. The zero-order valence-corrected chi connectivity index (χ0v) is 12.1. The molecule has 1 heterocycles. The molecular formula is C15H24FN3O. The third-order valence-electron chi connectivity index (χ3n) is 4.05. The SMILES string of the molecule is CCOc1nccc(C(NN)C2CCCCCC2)c1F. The summed E-state index contributed by atoms with van der Waals surface area (Å²) in [4.78, 5) is 3.94. The highest BCUT2D eigenvalue weighted by molar-refractivity contribution is 5.27. The Bertz CT molecular complexity index is 420. The van der Waals surface area contributed by atoms with Crippen LogP contribution in [0.25, 0.3) is 0 Å². The molecule has 0 spiro atoms. The maximum atomic E-state index is 14.5.